The fraction of sp³-hybridized carbons (Fsp3) is 0.250. The van der Waals surface area contributed by atoms with Gasteiger partial charge in [-0.2, -0.15) is 0 Å². The summed E-state index contributed by atoms with van der Waals surface area (Å²) in [5.41, 5.74) is 0.0971. The van der Waals surface area contributed by atoms with E-state index in [1.807, 2.05) is 6.92 Å². The third kappa shape index (κ3) is 2.33. The normalized spacial score (nSPS) is 10.7. The number of methoxy groups -OCH3 is 1. The number of halogens is 3. The fourth-order valence-corrected chi connectivity index (χ4v) is 2.81. The number of thiazole rings is 1. The smallest absolute Gasteiger partial charge is 0.165 e. The molecule has 0 fully saturated rings. The number of aryl methyl sites for hydroxylation is 1. The van der Waals surface area contributed by atoms with Gasteiger partial charge in [0.2, 0.25) is 0 Å². The molecule has 0 saturated carbocycles. The lowest BCUT2D eigenvalue weighted by atomic mass is 10.2. The van der Waals surface area contributed by atoms with E-state index >= 15 is 0 Å². The van der Waals surface area contributed by atoms with Crippen molar-refractivity contribution in [2.75, 3.05) is 7.11 Å². The van der Waals surface area contributed by atoms with E-state index in [1.165, 1.54) is 18.4 Å². The Balaban J connectivity index is 2.53. The largest absolute Gasteiger partial charge is 0.494 e. The molecule has 2 aromatic rings. The molecule has 1 aromatic carbocycles. The minimum Gasteiger partial charge on any atom is -0.494 e. The van der Waals surface area contributed by atoms with Crippen molar-refractivity contribution in [2.24, 2.45) is 0 Å². The van der Waals surface area contributed by atoms with Crippen LogP contribution in [-0.4, -0.2) is 12.1 Å². The summed E-state index contributed by atoms with van der Waals surface area (Å²) in [4.78, 5) is 4.89. The van der Waals surface area contributed by atoms with Gasteiger partial charge >= 0.3 is 0 Å². The molecule has 0 bridgehead atoms. The molecule has 2 rings (SSSR count). The maximum absolute atomic E-state index is 13.8. The Labute approximate surface area is 112 Å². The molecule has 0 aliphatic carbocycles. The van der Waals surface area contributed by atoms with Crippen LogP contribution in [0.2, 0.25) is 5.15 Å². The molecule has 0 aliphatic rings. The zero-order valence-electron chi connectivity index (χ0n) is 9.76. The van der Waals surface area contributed by atoms with Crippen molar-refractivity contribution in [1.82, 2.24) is 4.98 Å². The quantitative estimate of drug-likeness (QED) is 0.840. The number of aromatic nitrogens is 1. The Kier molecular flexibility index (Phi) is 3.82. The summed E-state index contributed by atoms with van der Waals surface area (Å²) >= 11 is 7.16. The second-order valence-electron chi connectivity index (χ2n) is 3.55. The molecule has 0 unspecified atom stereocenters. The maximum atomic E-state index is 13.8. The monoisotopic (exact) mass is 289 g/mol. The molecule has 0 amide bonds. The van der Waals surface area contributed by atoms with E-state index in [-0.39, 0.29) is 11.3 Å². The second-order valence-corrected chi connectivity index (χ2v) is 4.99. The molecular formula is C12H10ClF2NOS. The first kappa shape index (κ1) is 13.2. The molecule has 1 heterocycles. The predicted molar refractivity (Wildman–Crippen MR) is 68.4 cm³/mol. The first-order valence-electron chi connectivity index (χ1n) is 5.25. The van der Waals surface area contributed by atoms with Crippen molar-refractivity contribution >= 4 is 22.9 Å². The number of rotatable bonds is 3. The third-order valence-electron chi connectivity index (χ3n) is 2.44. The number of benzene rings is 1. The minimum atomic E-state index is -0.627. The van der Waals surface area contributed by atoms with Crippen molar-refractivity contribution in [3.63, 3.8) is 0 Å². The highest BCUT2D eigenvalue weighted by Crippen LogP contribution is 2.34. The van der Waals surface area contributed by atoms with E-state index in [1.54, 1.807) is 0 Å². The highest BCUT2D eigenvalue weighted by molar-refractivity contribution is 7.15. The first-order chi connectivity index (χ1) is 8.56. The topological polar surface area (TPSA) is 22.1 Å². The van der Waals surface area contributed by atoms with Crippen LogP contribution in [0.3, 0.4) is 0 Å². The van der Waals surface area contributed by atoms with E-state index in [0.717, 1.165) is 17.0 Å². The molecule has 0 aliphatic heterocycles. The molecule has 0 radical (unpaired) electrons. The van der Waals surface area contributed by atoms with Crippen LogP contribution in [0.1, 0.15) is 11.8 Å². The van der Waals surface area contributed by atoms with Gasteiger partial charge in [-0.25, -0.2) is 13.8 Å². The molecular weight excluding hydrogens is 280 g/mol. The van der Waals surface area contributed by atoms with Crippen molar-refractivity contribution in [2.45, 2.75) is 13.3 Å². The summed E-state index contributed by atoms with van der Waals surface area (Å²) in [6, 6.07) is 2.08. The average molecular weight is 290 g/mol. The maximum Gasteiger partial charge on any atom is 0.165 e. The highest BCUT2D eigenvalue weighted by atomic mass is 35.5. The van der Waals surface area contributed by atoms with Crippen LogP contribution < -0.4 is 4.74 Å². The van der Waals surface area contributed by atoms with Crippen LogP contribution >= 0.6 is 22.9 Å². The Bertz CT molecular complexity index is 586. The van der Waals surface area contributed by atoms with Gasteiger partial charge in [-0.05, 0) is 12.5 Å². The fourth-order valence-electron chi connectivity index (χ4n) is 1.52. The lowest BCUT2D eigenvalue weighted by molar-refractivity contribution is 0.383. The summed E-state index contributed by atoms with van der Waals surface area (Å²) in [5.74, 6) is -1.34. The second kappa shape index (κ2) is 5.20. The third-order valence-corrected chi connectivity index (χ3v) is 4.10. The van der Waals surface area contributed by atoms with Crippen LogP contribution in [0.25, 0.3) is 10.6 Å². The molecule has 96 valence electrons. The van der Waals surface area contributed by atoms with Gasteiger partial charge in [-0.1, -0.05) is 18.5 Å². The number of ether oxygens (including phenoxy) is 1. The Morgan fingerprint density at radius 2 is 2.06 bits per heavy atom. The van der Waals surface area contributed by atoms with Gasteiger partial charge in [0.1, 0.15) is 16.0 Å². The minimum absolute atomic E-state index is 0.0971. The zero-order valence-corrected chi connectivity index (χ0v) is 11.3. The summed E-state index contributed by atoms with van der Waals surface area (Å²) < 4.78 is 32.1. The van der Waals surface area contributed by atoms with Crippen molar-refractivity contribution in [1.29, 1.82) is 0 Å². The SMILES string of the molecule is CCc1sc(-c2cc(F)c(OC)cc2F)nc1Cl. The molecule has 0 saturated heterocycles. The lowest BCUT2D eigenvalue weighted by Gasteiger charge is -2.04. The van der Waals surface area contributed by atoms with Crippen LogP contribution in [0, 0.1) is 11.6 Å². The van der Waals surface area contributed by atoms with E-state index < -0.39 is 11.6 Å². The summed E-state index contributed by atoms with van der Waals surface area (Å²) in [5, 5.41) is 0.712. The Hall–Kier alpha value is -1.20. The Morgan fingerprint density at radius 3 is 2.61 bits per heavy atom. The lowest BCUT2D eigenvalue weighted by Crippen LogP contribution is -1.92. The number of hydrogen-bond acceptors (Lipinski definition) is 3. The van der Waals surface area contributed by atoms with Crippen molar-refractivity contribution < 1.29 is 13.5 Å². The van der Waals surface area contributed by atoms with Crippen molar-refractivity contribution in [3.8, 4) is 16.3 Å². The van der Waals surface area contributed by atoms with Gasteiger partial charge in [0, 0.05) is 16.5 Å². The van der Waals surface area contributed by atoms with E-state index in [2.05, 4.69) is 4.98 Å². The van der Waals surface area contributed by atoms with Gasteiger partial charge in [-0.3, -0.25) is 0 Å². The molecule has 2 nitrogen and oxygen atoms in total. The van der Waals surface area contributed by atoms with Crippen LogP contribution in [-0.2, 0) is 6.42 Å². The van der Waals surface area contributed by atoms with Gasteiger partial charge in [0.25, 0.3) is 0 Å². The summed E-state index contributed by atoms with van der Waals surface area (Å²) in [6.45, 7) is 1.92. The van der Waals surface area contributed by atoms with Gasteiger partial charge in [0.15, 0.2) is 11.6 Å². The zero-order chi connectivity index (χ0) is 13.3. The van der Waals surface area contributed by atoms with Gasteiger partial charge in [0.05, 0.1) is 7.11 Å². The molecule has 6 heteroatoms. The van der Waals surface area contributed by atoms with E-state index in [0.29, 0.717) is 16.6 Å². The predicted octanol–water partition coefficient (Wildman–Crippen LogP) is 4.31. The number of nitrogens with zero attached hydrogens (tertiary/aromatic N) is 1. The van der Waals surface area contributed by atoms with Crippen molar-refractivity contribution in [3.05, 3.63) is 33.8 Å². The van der Waals surface area contributed by atoms with E-state index in [9.17, 15) is 8.78 Å². The van der Waals surface area contributed by atoms with Crippen LogP contribution in [0.15, 0.2) is 12.1 Å². The summed E-state index contributed by atoms with van der Waals surface area (Å²) in [6.07, 6.45) is 0.705. The number of hydrogen-bond donors (Lipinski definition) is 0. The Morgan fingerprint density at radius 1 is 1.33 bits per heavy atom. The molecule has 18 heavy (non-hydrogen) atoms. The van der Waals surface area contributed by atoms with Crippen LogP contribution in [0.4, 0.5) is 8.78 Å². The first-order valence-corrected chi connectivity index (χ1v) is 6.44. The van der Waals surface area contributed by atoms with Gasteiger partial charge < -0.3 is 4.74 Å². The van der Waals surface area contributed by atoms with Crippen LogP contribution in [0.5, 0.6) is 5.75 Å². The average Bonchev–Trinajstić information content (AvgIpc) is 2.72. The van der Waals surface area contributed by atoms with Gasteiger partial charge in [-0.15, -0.1) is 11.3 Å². The molecule has 0 N–H and O–H groups in total. The standard InChI is InChI=1S/C12H10ClF2NOS/c1-3-10-11(13)16-12(18-10)6-4-8(15)9(17-2)5-7(6)14/h4-5H,3H2,1-2H3. The molecule has 0 spiro atoms. The molecule has 1 aromatic heterocycles. The summed E-state index contributed by atoms with van der Waals surface area (Å²) in [7, 11) is 1.28. The molecule has 0 atom stereocenters. The highest BCUT2D eigenvalue weighted by Gasteiger charge is 2.16. The van der Waals surface area contributed by atoms with E-state index in [4.69, 9.17) is 16.3 Å².